The first kappa shape index (κ1) is 15.4. The van der Waals surface area contributed by atoms with Gasteiger partial charge < -0.3 is 14.8 Å². The Kier molecular flexibility index (Phi) is 4.24. The molecule has 23 heavy (non-hydrogen) atoms. The molecule has 1 saturated carbocycles. The molecule has 0 aliphatic heterocycles. The monoisotopic (exact) mass is 311 g/mol. The molecule has 0 aromatic heterocycles. The van der Waals surface area contributed by atoms with Crippen LogP contribution in [-0.4, -0.2) is 20.1 Å². The van der Waals surface area contributed by atoms with Crippen LogP contribution in [0.4, 0.5) is 5.69 Å². The molecule has 4 nitrogen and oxygen atoms in total. The van der Waals surface area contributed by atoms with Crippen molar-refractivity contribution in [2.45, 2.75) is 24.7 Å². The van der Waals surface area contributed by atoms with Gasteiger partial charge in [0.05, 0.1) is 19.6 Å². The minimum absolute atomic E-state index is 0.0437. The lowest BCUT2D eigenvalue weighted by molar-refractivity contribution is -0.124. The Balaban J connectivity index is 1.84. The molecule has 1 N–H and O–H groups in total. The van der Waals surface area contributed by atoms with Crippen molar-refractivity contribution in [2.75, 3.05) is 19.5 Å². The molecular weight excluding hydrogens is 290 g/mol. The van der Waals surface area contributed by atoms with Gasteiger partial charge in [-0.1, -0.05) is 36.8 Å². The Morgan fingerprint density at radius 2 is 1.70 bits per heavy atom. The summed E-state index contributed by atoms with van der Waals surface area (Å²) in [6.45, 7) is 0. The number of methoxy groups -OCH3 is 2. The molecule has 3 rings (SSSR count). The summed E-state index contributed by atoms with van der Waals surface area (Å²) in [5.74, 6) is 1.29. The minimum Gasteiger partial charge on any atom is -0.493 e. The van der Waals surface area contributed by atoms with E-state index in [1.54, 1.807) is 26.4 Å². The summed E-state index contributed by atoms with van der Waals surface area (Å²) in [5, 5.41) is 3.03. The number of amides is 1. The standard InChI is InChI=1S/C19H21NO3/c1-22-16-10-9-15(13-17(16)23-2)20-18(21)19(11-6-12-19)14-7-4-3-5-8-14/h3-5,7-10,13H,6,11-12H2,1-2H3,(H,20,21). The molecule has 2 aromatic carbocycles. The van der Waals surface area contributed by atoms with Crippen LogP contribution in [0.1, 0.15) is 24.8 Å². The van der Waals surface area contributed by atoms with Crippen molar-refractivity contribution in [3.05, 3.63) is 54.1 Å². The van der Waals surface area contributed by atoms with Gasteiger partial charge in [0.1, 0.15) is 0 Å². The van der Waals surface area contributed by atoms with Crippen molar-refractivity contribution in [2.24, 2.45) is 0 Å². The van der Waals surface area contributed by atoms with Gasteiger partial charge in [0, 0.05) is 11.8 Å². The summed E-state index contributed by atoms with van der Waals surface area (Å²) in [5.41, 5.74) is 1.40. The van der Waals surface area contributed by atoms with E-state index in [-0.39, 0.29) is 5.91 Å². The van der Waals surface area contributed by atoms with Crippen LogP contribution in [0, 0.1) is 0 Å². The van der Waals surface area contributed by atoms with E-state index >= 15 is 0 Å². The van der Waals surface area contributed by atoms with Gasteiger partial charge in [-0.05, 0) is 30.5 Å². The van der Waals surface area contributed by atoms with Crippen molar-refractivity contribution >= 4 is 11.6 Å². The van der Waals surface area contributed by atoms with Crippen LogP contribution in [0.5, 0.6) is 11.5 Å². The van der Waals surface area contributed by atoms with Crippen LogP contribution in [0.25, 0.3) is 0 Å². The molecule has 4 heteroatoms. The number of carbonyl (C=O) groups is 1. The number of ether oxygens (including phenoxy) is 2. The van der Waals surface area contributed by atoms with E-state index < -0.39 is 5.41 Å². The maximum atomic E-state index is 12.9. The zero-order valence-electron chi connectivity index (χ0n) is 13.5. The van der Waals surface area contributed by atoms with Gasteiger partial charge >= 0.3 is 0 Å². The quantitative estimate of drug-likeness (QED) is 0.914. The van der Waals surface area contributed by atoms with E-state index in [0.717, 1.165) is 30.5 Å². The van der Waals surface area contributed by atoms with Crippen molar-refractivity contribution < 1.29 is 14.3 Å². The Hall–Kier alpha value is -2.49. The van der Waals surface area contributed by atoms with Crippen molar-refractivity contribution in [1.82, 2.24) is 0 Å². The summed E-state index contributed by atoms with van der Waals surface area (Å²) in [7, 11) is 3.18. The van der Waals surface area contributed by atoms with Crippen LogP contribution in [-0.2, 0) is 10.2 Å². The molecule has 2 aromatic rings. The molecule has 1 fully saturated rings. The highest BCUT2D eigenvalue weighted by Crippen LogP contribution is 2.44. The third kappa shape index (κ3) is 2.77. The topological polar surface area (TPSA) is 47.6 Å². The van der Waals surface area contributed by atoms with Crippen LogP contribution in [0.2, 0.25) is 0 Å². The third-order valence-corrected chi connectivity index (χ3v) is 4.61. The molecule has 1 amide bonds. The van der Waals surface area contributed by atoms with Crippen molar-refractivity contribution in [3.8, 4) is 11.5 Å². The van der Waals surface area contributed by atoms with E-state index in [1.807, 2.05) is 36.4 Å². The molecule has 0 heterocycles. The van der Waals surface area contributed by atoms with Crippen LogP contribution >= 0.6 is 0 Å². The normalized spacial score (nSPS) is 15.4. The second-order valence-electron chi connectivity index (χ2n) is 5.83. The van der Waals surface area contributed by atoms with Crippen molar-refractivity contribution in [3.63, 3.8) is 0 Å². The summed E-state index contributed by atoms with van der Waals surface area (Å²) in [6, 6.07) is 15.4. The third-order valence-electron chi connectivity index (χ3n) is 4.61. The molecule has 0 bridgehead atoms. The second-order valence-corrected chi connectivity index (χ2v) is 5.83. The van der Waals surface area contributed by atoms with Crippen molar-refractivity contribution in [1.29, 1.82) is 0 Å². The second kappa shape index (κ2) is 6.32. The summed E-state index contributed by atoms with van der Waals surface area (Å²) in [6.07, 6.45) is 2.85. The average Bonchev–Trinajstić information content (AvgIpc) is 2.54. The number of hydrogen-bond acceptors (Lipinski definition) is 3. The molecule has 0 radical (unpaired) electrons. The highest BCUT2D eigenvalue weighted by Gasteiger charge is 2.45. The summed E-state index contributed by atoms with van der Waals surface area (Å²) < 4.78 is 10.5. The van der Waals surface area contributed by atoms with E-state index in [2.05, 4.69) is 5.32 Å². The predicted molar refractivity (Wildman–Crippen MR) is 90.1 cm³/mol. The van der Waals surface area contributed by atoms with Gasteiger partial charge in [0.2, 0.25) is 5.91 Å². The summed E-state index contributed by atoms with van der Waals surface area (Å²) >= 11 is 0. The first-order chi connectivity index (χ1) is 11.2. The number of nitrogens with one attached hydrogen (secondary N) is 1. The Bertz CT molecular complexity index is 693. The lowest BCUT2D eigenvalue weighted by Gasteiger charge is -2.40. The lowest BCUT2D eigenvalue weighted by Crippen LogP contribution is -2.45. The van der Waals surface area contributed by atoms with Gasteiger partial charge in [-0.25, -0.2) is 0 Å². The molecule has 0 atom stereocenters. The molecule has 1 aliphatic carbocycles. The van der Waals surface area contributed by atoms with E-state index in [1.165, 1.54) is 0 Å². The molecule has 0 spiro atoms. The molecule has 120 valence electrons. The van der Waals surface area contributed by atoms with Gasteiger partial charge in [0.15, 0.2) is 11.5 Å². The fourth-order valence-corrected chi connectivity index (χ4v) is 3.10. The molecular formula is C19H21NO3. The fraction of sp³-hybridized carbons (Fsp3) is 0.316. The van der Waals surface area contributed by atoms with Crippen LogP contribution < -0.4 is 14.8 Å². The highest BCUT2D eigenvalue weighted by molar-refractivity contribution is 6.00. The van der Waals surface area contributed by atoms with Gasteiger partial charge in [-0.3, -0.25) is 4.79 Å². The number of hydrogen-bond donors (Lipinski definition) is 1. The number of anilines is 1. The highest BCUT2D eigenvalue weighted by atomic mass is 16.5. The fourth-order valence-electron chi connectivity index (χ4n) is 3.10. The van der Waals surface area contributed by atoms with Gasteiger partial charge in [0.25, 0.3) is 0 Å². The van der Waals surface area contributed by atoms with E-state index in [0.29, 0.717) is 11.5 Å². The Morgan fingerprint density at radius 3 is 2.26 bits per heavy atom. The Morgan fingerprint density at radius 1 is 1.00 bits per heavy atom. The van der Waals surface area contributed by atoms with Crippen LogP contribution in [0.15, 0.2) is 48.5 Å². The maximum absolute atomic E-state index is 12.9. The molecule has 1 aliphatic rings. The first-order valence-corrected chi connectivity index (χ1v) is 7.78. The zero-order valence-corrected chi connectivity index (χ0v) is 13.5. The minimum atomic E-state index is -0.408. The molecule has 0 saturated heterocycles. The van der Waals surface area contributed by atoms with E-state index in [9.17, 15) is 4.79 Å². The van der Waals surface area contributed by atoms with Gasteiger partial charge in [-0.2, -0.15) is 0 Å². The van der Waals surface area contributed by atoms with Gasteiger partial charge in [-0.15, -0.1) is 0 Å². The smallest absolute Gasteiger partial charge is 0.235 e. The SMILES string of the molecule is COc1ccc(NC(=O)C2(c3ccccc3)CCC2)cc1OC. The zero-order chi connectivity index (χ0) is 16.3. The maximum Gasteiger partial charge on any atom is 0.235 e. The number of rotatable bonds is 5. The number of benzene rings is 2. The molecule has 0 unspecified atom stereocenters. The predicted octanol–water partition coefficient (Wildman–Crippen LogP) is 3.76. The lowest BCUT2D eigenvalue weighted by atomic mass is 9.64. The average molecular weight is 311 g/mol. The number of carbonyl (C=O) groups excluding carboxylic acids is 1. The summed E-state index contributed by atoms with van der Waals surface area (Å²) in [4.78, 5) is 12.9. The first-order valence-electron chi connectivity index (χ1n) is 7.78. The Labute approximate surface area is 136 Å². The van der Waals surface area contributed by atoms with Crippen LogP contribution in [0.3, 0.4) is 0 Å². The van der Waals surface area contributed by atoms with E-state index in [4.69, 9.17) is 9.47 Å². The largest absolute Gasteiger partial charge is 0.493 e.